The van der Waals surface area contributed by atoms with Gasteiger partial charge in [-0.25, -0.2) is 14.2 Å². The van der Waals surface area contributed by atoms with Crippen LogP contribution in [0.2, 0.25) is 0 Å². The van der Waals surface area contributed by atoms with Crippen LogP contribution in [0.15, 0.2) is 18.5 Å². The zero-order chi connectivity index (χ0) is 18.5. The van der Waals surface area contributed by atoms with Crippen LogP contribution in [-0.4, -0.2) is 30.3 Å². The Hall–Kier alpha value is -2.70. The van der Waals surface area contributed by atoms with E-state index in [4.69, 9.17) is 4.98 Å². The van der Waals surface area contributed by atoms with Gasteiger partial charge in [-0.1, -0.05) is 19.3 Å². The Morgan fingerprint density at radius 2 is 1.85 bits per heavy atom. The fourth-order valence-electron chi connectivity index (χ4n) is 4.65. The number of aromatic nitrogens is 5. The van der Waals surface area contributed by atoms with Gasteiger partial charge in [0.1, 0.15) is 5.82 Å². The molecule has 2 aliphatic rings. The van der Waals surface area contributed by atoms with E-state index in [1.165, 1.54) is 19.3 Å². The van der Waals surface area contributed by atoms with E-state index in [1.54, 1.807) is 0 Å². The van der Waals surface area contributed by atoms with Crippen molar-refractivity contribution in [1.29, 1.82) is 0 Å². The number of rotatable bonds is 2. The normalized spacial score (nSPS) is 20.7. The van der Waals surface area contributed by atoms with Crippen molar-refractivity contribution in [2.45, 2.75) is 64.3 Å². The van der Waals surface area contributed by atoms with E-state index in [0.29, 0.717) is 12.5 Å². The van der Waals surface area contributed by atoms with Gasteiger partial charge in [0.25, 0.3) is 0 Å². The van der Waals surface area contributed by atoms with Crippen LogP contribution in [0.3, 0.4) is 0 Å². The molecule has 27 heavy (non-hydrogen) atoms. The minimum absolute atomic E-state index is 0.0359. The van der Waals surface area contributed by atoms with Gasteiger partial charge in [0.05, 0.1) is 18.4 Å². The predicted octanol–water partition coefficient (Wildman–Crippen LogP) is 3.52. The van der Waals surface area contributed by atoms with Crippen LogP contribution in [0.5, 0.6) is 0 Å². The van der Waals surface area contributed by atoms with Gasteiger partial charge < -0.3 is 5.32 Å². The lowest BCUT2D eigenvalue weighted by atomic mass is 9.88. The molecule has 1 unspecified atom stereocenters. The van der Waals surface area contributed by atoms with Gasteiger partial charge in [-0.15, -0.1) is 0 Å². The Morgan fingerprint density at radius 1 is 1.07 bits per heavy atom. The number of nitrogens with one attached hydrogen (secondary N) is 1. The summed E-state index contributed by atoms with van der Waals surface area (Å²) in [5.74, 6) is 0.845. The monoisotopic (exact) mass is 364 g/mol. The highest BCUT2D eigenvalue weighted by Gasteiger charge is 2.34. The molecule has 3 aromatic heterocycles. The van der Waals surface area contributed by atoms with Crippen molar-refractivity contribution in [1.82, 2.24) is 24.4 Å². The predicted molar refractivity (Wildman–Crippen MR) is 102 cm³/mol. The highest BCUT2D eigenvalue weighted by molar-refractivity contribution is 5.94. The van der Waals surface area contributed by atoms with Crippen molar-refractivity contribution in [3.05, 3.63) is 41.0 Å². The lowest BCUT2D eigenvalue weighted by molar-refractivity contribution is -0.116. The van der Waals surface area contributed by atoms with E-state index in [1.807, 2.05) is 41.5 Å². The molecular weight excluding hydrogens is 340 g/mol. The maximum Gasteiger partial charge on any atom is 0.226 e. The topological polar surface area (TPSA) is 77.1 Å². The second-order valence-corrected chi connectivity index (χ2v) is 7.86. The van der Waals surface area contributed by atoms with Gasteiger partial charge in [0.15, 0.2) is 5.65 Å². The quantitative estimate of drug-likeness (QED) is 0.755. The third-order valence-electron chi connectivity index (χ3n) is 5.95. The zero-order valence-electron chi connectivity index (χ0n) is 15.8. The molecule has 0 spiro atoms. The molecule has 4 heterocycles. The molecule has 1 aliphatic carbocycles. The molecular formula is C20H24N6O. The fraction of sp³-hybridized carbons (Fsp3) is 0.500. The molecule has 1 aliphatic heterocycles. The van der Waals surface area contributed by atoms with E-state index >= 15 is 0 Å². The van der Waals surface area contributed by atoms with Crippen molar-refractivity contribution < 1.29 is 4.79 Å². The molecule has 5 rings (SSSR count). The molecule has 7 heteroatoms. The van der Waals surface area contributed by atoms with Gasteiger partial charge in [-0.05, 0) is 32.8 Å². The summed E-state index contributed by atoms with van der Waals surface area (Å²) in [7, 11) is 0. The summed E-state index contributed by atoms with van der Waals surface area (Å²) in [5.41, 5.74) is 4.92. The number of anilines is 1. The van der Waals surface area contributed by atoms with E-state index in [0.717, 1.165) is 46.8 Å². The molecule has 1 fully saturated rings. The SMILES string of the molecule is Cc1cc(C)n2ncc(C3CC(=O)Nc4c3cnn4C3CCCCC3)c2n1. The Labute approximate surface area is 157 Å². The number of hydrogen-bond acceptors (Lipinski definition) is 4. The van der Waals surface area contributed by atoms with E-state index in [9.17, 15) is 4.79 Å². The van der Waals surface area contributed by atoms with Crippen molar-refractivity contribution in [2.24, 2.45) is 0 Å². The molecule has 0 saturated heterocycles. The fourth-order valence-corrected chi connectivity index (χ4v) is 4.65. The summed E-state index contributed by atoms with van der Waals surface area (Å²) in [6.45, 7) is 4.02. The first-order chi connectivity index (χ1) is 13.1. The highest BCUT2D eigenvalue weighted by Crippen LogP contribution is 2.41. The van der Waals surface area contributed by atoms with Crippen molar-refractivity contribution in [2.75, 3.05) is 5.32 Å². The van der Waals surface area contributed by atoms with Gasteiger partial charge in [0, 0.05) is 34.9 Å². The van der Waals surface area contributed by atoms with E-state index < -0.39 is 0 Å². The van der Waals surface area contributed by atoms with Crippen molar-refractivity contribution >= 4 is 17.4 Å². The van der Waals surface area contributed by atoms with Crippen LogP contribution in [0, 0.1) is 13.8 Å². The second kappa shape index (κ2) is 6.18. The van der Waals surface area contributed by atoms with Crippen molar-refractivity contribution in [3.63, 3.8) is 0 Å². The summed E-state index contributed by atoms with van der Waals surface area (Å²) < 4.78 is 3.91. The summed E-state index contributed by atoms with van der Waals surface area (Å²) >= 11 is 0. The first-order valence-corrected chi connectivity index (χ1v) is 9.81. The van der Waals surface area contributed by atoms with E-state index in [-0.39, 0.29) is 11.8 Å². The average molecular weight is 364 g/mol. The third kappa shape index (κ3) is 2.64. The lowest BCUT2D eigenvalue weighted by Gasteiger charge is -2.27. The number of carbonyl (C=O) groups is 1. The number of aryl methyl sites for hydroxylation is 2. The highest BCUT2D eigenvalue weighted by atomic mass is 16.1. The maximum absolute atomic E-state index is 12.5. The third-order valence-corrected chi connectivity index (χ3v) is 5.95. The largest absolute Gasteiger partial charge is 0.311 e. The van der Waals surface area contributed by atoms with Gasteiger partial charge in [0.2, 0.25) is 5.91 Å². The number of nitrogens with zero attached hydrogens (tertiary/aromatic N) is 5. The molecule has 140 valence electrons. The average Bonchev–Trinajstić information content (AvgIpc) is 3.26. The van der Waals surface area contributed by atoms with Crippen LogP contribution in [0.4, 0.5) is 5.82 Å². The molecule has 0 bridgehead atoms. The number of carbonyl (C=O) groups excluding carboxylic acids is 1. The molecule has 1 amide bonds. The minimum atomic E-state index is -0.0581. The molecule has 1 atom stereocenters. The first-order valence-electron chi connectivity index (χ1n) is 9.81. The summed E-state index contributed by atoms with van der Waals surface area (Å²) in [6.07, 6.45) is 10.2. The number of hydrogen-bond donors (Lipinski definition) is 1. The van der Waals surface area contributed by atoms with Gasteiger partial charge in [-0.3, -0.25) is 4.79 Å². The van der Waals surface area contributed by atoms with Crippen LogP contribution >= 0.6 is 0 Å². The molecule has 0 radical (unpaired) electrons. The Bertz CT molecular complexity index is 1030. The minimum Gasteiger partial charge on any atom is -0.311 e. The molecule has 0 aromatic carbocycles. The Balaban J connectivity index is 1.62. The maximum atomic E-state index is 12.5. The molecule has 1 N–H and O–H groups in total. The number of fused-ring (bicyclic) bond motifs is 2. The van der Waals surface area contributed by atoms with Gasteiger partial charge >= 0.3 is 0 Å². The summed E-state index contributed by atoms with van der Waals surface area (Å²) in [5, 5.41) is 12.3. The number of amides is 1. The summed E-state index contributed by atoms with van der Waals surface area (Å²) in [6, 6.07) is 2.40. The smallest absolute Gasteiger partial charge is 0.226 e. The Morgan fingerprint density at radius 3 is 2.67 bits per heavy atom. The van der Waals surface area contributed by atoms with Crippen LogP contribution in [0.25, 0.3) is 5.65 Å². The lowest BCUT2D eigenvalue weighted by Crippen LogP contribution is -2.26. The molecule has 3 aromatic rings. The first kappa shape index (κ1) is 16.5. The summed E-state index contributed by atoms with van der Waals surface area (Å²) in [4.78, 5) is 17.2. The standard InChI is InChI=1S/C20H24N6O/c1-12-8-13(2)25-19(23-12)16(10-21-25)15-9-18(27)24-20-17(15)11-22-26(20)14-6-4-3-5-7-14/h8,10-11,14-15H,3-7,9H2,1-2H3,(H,24,27). The zero-order valence-corrected chi connectivity index (χ0v) is 15.8. The molecule has 7 nitrogen and oxygen atoms in total. The second-order valence-electron chi connectivity index (χ2n) is 7.86. The van der Waals surface area contributed by atoms with Crippen LogP contribution < -0.4 is 5.32 Å². The van der Waals surface area contributed by atoms with E-state index in [2.05, 4.69) is 15.5 Å². The van der Waals surface area contributed by atoms with Gasteiger partial charge in [-0.2, -0.15) is 10.2 Å². The molecule has 1 saturated carbocycles. The van der Waals surface area contributed by atoms with Crippen molar-refractivity contribution in [3.8, 4) is 0 Å². The van der Waals surface area contributed by atoms with Crippen LogP contribution in [-0.2, 0) is 4.79 Å². The van der Waals surface area contributed by atoms with Crippen LogP contribution in [0.1, 0.15) is 73.0 Å². The Kier molecular flexibility index (Phi) is 3.77.